The zero-order valence-electron chi connectivity index (χ0n) is 11.8. The molecule has 0 aliphatic carbocycles. The largest absolute Gasteiger partial charge is 0.349 e. The van der Waals surface area contributed by atoms with Crippen LogP contribution in [0.15, 0.2) is 35.3 Å². The van der Waals surface area contributed by atoms with Gasteiger partial charge in [-0.2, -0.15) is 0 Å². The van der Waals surface area contributed by atoms with E-state index < -0.39 is 0 Å². The van der Waals surface area contributed by atoms with E-state index in [-0.39, 0.29) is 24.0 Å². The number of guanidine groups is 1. The van der Waals surface area contributed by atoms with E-state index >= 15 is 0 Å². The fraction of sp³-hybridized carbons (Fsp3) is 0.500. The van der Waals surface area contributed by atoms with Crippen LogP contribution in [0.4, 0.5) is 0 Å². The van der Waals surface area contributed by atoms with Crippen LogP contribution in [0.5, 0.6) is 0 Å². The molecule has 0 radical (unpaired) electrons. The SMILES string of the molecule is CN(C)C(=NCCCc1ccccc1)N(C)C.I. The van der Waals surface area contributed by atoms with Crippen LogP contribution >= 0.6 is 24.0 Å². The fourth-order valence-corrected chi connectivity index (χ4v) is 1.79. The summed E-state index contributed by atoms with van der Waals surface area (Å²) >= 11 is 0. The average Bonchev–Trinajstić information content (AvgIpc) is 2.29. The number of rotatable bonds is 4. The van der Waals surface area contributed by atoms with Crippen molar-refractivity contribution in [3.63, 3.8) is 0 Å². The Balaban J connectivity index is 0.00000289. The second-order valence-corrected chi connectivity index (χ2v) is 4.56. The number of benzene rings is 1. The third-order valence-electron chi connectivity index (χ3n) is 2.52. The number of aryl methyl sites for hydroxylation is 1. The molecule has 0 N–H and O–H groups in total. The molecule has 0 saturated heterocycles. The van der Waals surface area contributed by atoms with Crippen LogP contribution in [0.2, 0.25) is 0 Å². The minimum absolute atomic E-state index is 0. The number of halogens is 1. The van der Waals surface area contributed by atoms with Gasteiger partial charge in [-0.3, -0.25) is 4.99 Å². The van der Waals surface area contributed by atoms with Gasteiger partial charge in [-0.15, -0.1) is 24.0 Å². The first kappa shape index (κ1) is 17.2. The molecule has 0 aliphatic heterocycles. The maximum absolute atomic E-state index is 4.61. The lowest BCUT2D eigenvalue weighted by Gasteiger charge is -2.22. The normalized spacial score (nSPS) is 9.33. The van der Waals surface area contributed by atoms with Gasteiger partial charge in [0.1, 0.15) is 0 Å². The van der Waals surface area contributed by atoms with Gasteiger partial charge in [-0.25, -0.2) is 0 Å². The highest BCUT2D eigenvalue weighted by atomic mass is 127. The Kier molecular flexibility index (Phi) is 8.79. The maximum atomic E-state index is 4.61. The molecule has 102 valence electrons. The first-order valence-corrected chi connectivity index (χ1v) is 6.04. The monoisotopic (exact) mass is 361 g/mol. The molecule has 1 aromatic rings. The molecule has 18 heavy (non-hydrogen) atoms. The van der Waals surface area contributed by atoms with Gasteiger partial charge < -0.3 is 9.80 Å². The molecule has 0 heterocycles. The van der Waals surface area contributed by atoms with E-state index in [2.05, 4.69) is 35.3 Å². The van der Waals surface area contributed by atoms with Crippen LogP contribution in [0.25, 0.3) is 0 Å². The minimum atomic E-state index is 0. The molecule has 0 unspecified atom stereocenters. The van der Waals surface area contributed by atoms with E-state index in [1.165, 1.54) is 5.56 Å². The van der Waals surface area contributed by atoms with E-state index in [0.717, 1.165) is 25.3 Å². The Morgan fingerprint density at radius 3 is 2.06 bits per heavy atom. The van der Waals surface area contributed by atoms with Gasteiger partial charge in [-0.1, -0.05) is 30.3 Å². The van der Waals surface area contributed by atoms with Crippen molar-refractivity contribution in [1.29, 1.82) is 0 Å². The molecule has 1 aromatic carbocycles. The van der Waals surface area contributed by atoms with Crippen molar-refractivity contribution in [2.24, 2.45) is 4.99 Å². The summed E-state index contributed by atoms with van der Waals surface area (Å²) in [6, 6.07) is 10.6. The van der Waals surface area contributed by atoms with Gasteiger partial charge in [0.25, 0.3) is 0 Å². The zero-order valence-corrected chi connectivity index (χ0v) is 14.1. The Bertz CT molecular complexity index is 337. The van der Waals surface area contributed by atoms with Gasteiger partial charge in [0.2, 0.25) is 0 Å². The lowest BCUT2D eigenvalue weighted by atomic mass is 10.1. The molecular weight excluding hydrogens is 337 g/mol. The maximum Gasteiger partial charge on any atom is 0.195 e. The van der Waals surface area contributed by atoms with E-state index in [1.54, 1.807) is 0 Å². The number of hydrogen-bond acceptors (Lipinski definition) is 1. The molecule has 0 spiro atoms. The summed E-state index contributed by atoms with van der Waals surface area (Å²) in [6.45, 7) is 0.876. The van der Waals surface area contributed by atoms with Crippen LogP contribution in [0, 0.1) is 0 Å². The lowest BCUT2D eigenvalue weighted by molar-refractivity contribution is 0.479. The highest BCUT2D eigenvalue weighted by Crippen LogP contribution is 2.02. The number of hydrogen-bond donors (Lipinski definition) is 0. The van der Waals surface area contributed by atoms with Crippen molar-refractivity contribution in [2.75, 3.05) is 34.7 Å². The van der Waals surface area contributed by atoms with Crippen molar-refractivity contribution in [2.45, 2.75) is 12.8 Å². The Morgan fingerprint density at radius 1 is 1.00 bits per heavy atom. The molecule has 0 atom stereocenters. The molecule has 0 fully saturated rings. The average molecular weight is 361 g/mol. The van der Waals surface area contributed by atoms with Crippen LogP contribution in [0.3, 0.4) is 0 Å². The van der Waals surface area contributed by atoms with Gasteiger partial charge in [0, 0.05) is 34.7 Å². The predicted molar refractivity (Wildman–Crippen MR) is 89.9 cm³/mol. The summed E-state index contributed by atoms with van der Waals surface area (Å²) in [5.41, 5.74) is 1.39. The highest BCUT2D eigenvalue weighted by Gasteiger charge is 2.02. The Morgan fingerprint density at radius 2 is 1.56 bits per heavy atom. The quantitative estimate of drug-likeness (QED) is 0.356. The third kappa shape index (κ3) is 6.23. The van der Waals surface area contributed by atoms with Gasteiger partial charge in [0.15, 0.2) is 5.96 Å². The third-order valence-corrected chi connectivity index (χ3v) is 2.52. The van der Waals surface area contributed by atoms with Crippen molar-refractivity contribution in [1.82, 2.24) is 9.80 Å². The molecule has 0 amide bonds. The second kappa shape index (κ2) is 9.19. The van der Waals surface area contributed by atoms with Crippen molar-refractivity contribution < 1.29 is 0 Å². The highest BCUT2D eigenvalue weighted by molar-refractivity contribution is 14.0. The summed E-state index contributed by atoms with van der Waals surface area (Å²) in [4.78, 5) is 8.69. The topological polar surface area (TPSA) is 18.8 Å². The summed E-state index contributed by atoms with van der Waals surface area (Å²) in [5, 5.41) is 0. The minimum Gasteiger partial charge on any atom is -0.349 e. The molecule has 3 nitrogen and oxygen atoms in total. The molecule has 1 rings (SSSR count). The van der Waals surface area contributed by atoms with Gasteiger partial charge in [0.05, 0.1) is 0 Å². The number of nitrogens with zero attached hydrogens (tertiary/aromatic N) is 3. The van der Waals surface area contributed by atoms with E-state index in [4.69, 9.17) is 0 Å². The Hall–Kier alpha value is -0.780. The standard InChI is InChI=1S/C14H23N3.HI/c1-16(2)14(17(3)4)15-12-8-11-13-9-6-5-7-10-13;/h5-7,9-10H,8,11-12H2,1-4H3;1H. The first-order chi connectivity index (χ1) is 8.11. The van der Waals surface area contributed by atoms with E-state index in [9.17, 15) is 0 Å². The van der Waals surface area contributed by atoms with Crippen molar-refractivity contribution in [3.8, 4) is 0 Å². The Labute approximate surface area is 128 Å². The summed E-state index contributed by atoms with van der Waals surface area (Å²) in [5.74, 6) is 1.03. The van der Waals surface area contributed by atoms with Gasteiger partial charge in [-0.05, 0) is 18.4 Å². The molecule has 0 saturated carbocycles. The van der Waals surface area contributed by atoms with Crippen molar-refractivity contribution in [3.05, 3.63) is 35.9 Å². The molecule has 0 aromatic heterocycles. The van der Waals surface area contributed by atoms with Crippen molar-refractivity contribution >= 4 is 29.9 Å². The summed E-state index contributed by atoms with van der Waals surface area (Å²) in [6.07, 6.45) is 2.19. The zero-order chi connectivity index (χ0) is 12.7. The number of aliphatic imine (C=N–C) groups is 1. The summed E-state index contributed by atoms with van der Waals surface area (Å²) < 4.78 is 0. The van der Waals surface area contributed by atoms with Crippen LogP contribution in [-0.2, 0) is 6.42 Å². The van der Waals surface area contributed by atoms with E-state index in [0.29, 0.717) is 0 Å². The molecule has 0 bridgehead atoms. The molecule has 4 heteroatoms. The van der Waals surface area contributed by atoms with E-state index in [1.807, 2.05) is 38.0 Å². The lowest BCUT2D eigenvalue weighted by Crippen LogP contribution is -2.35. The fourth-order valence-electron chi connectivity index (χ4n) is 1.79. The molecular formula is C14H24IN3. The predicted octanol–water partition coefficient (Wildman–Crippen LogP) is 2.72. The van der Waals surface area contributed by atoms with Crippen LogP contribution in [-0.4, -0.2) is 50.5 Å². The van der Waals surface area contributed by atoms with Crippen LogP contribution in [0.1, 0.15) is 12.0 Å². The smallest absolute Gasteiger partial charge is 0.195 e. The first-order valence-electron chi connectivity index (χ1n) is 6.04. The second-order valence-electron chi connectivity index (χ2n) is 4.56. The van der Waals surface area contributed by atoms with Crippen LogP contribution < -0.4 is 0 Å². The summed E-state index contributed by atoms with van der Waals surface area (Å²) in [7, 11) is 8.10. The van der Waals surface area contributed by atoms with Gasteiger partial charge >= 0.3 is 0 Å². The molecule has 0 aliphatic rings.